The fourth-order valence-electron chi connectivity index (χ4n) is 2.25. The van der Waals surface area contributed by atoms with Gasteiger partial charge in [0.15, 0.2) is 0 Å². The topological polar surface area (TPSA) is 32.6 Å². The molecule has 0 aliphatic heterocycles. The smallest absolute Gasteiger partial charge is 0.0645 e. The van der Waals surface area contributed by atoms with E-state index in [0.717, 1.165) is 23.6 Å². The normalized spacial score (nSPS) is 19.7. The molecule has 0 aromatic heterocycles. The van der Waals surface area contributed by atoms with Crippen LogP contribution in [-0.2, 0) is 5.41 Å². The van der Waals surface area contributed by atoms with Crippen molar-refractivity contribution in [2.24, 2.45) is 5.16 Å². The maximum atomic E-state index is 8.91. The Morgan fingerprint density at radius 3 is 2.33 bits per heavy atom. The Bertz CT molecular complexity index is 379. The summed E-state index contributed by atoms with van der Waals surface area (Å²) >= 11 is 5.86. The quantitative estimate of drug-likeness (QED) is 0.464. The molecule has 3 heteroatoms. The van der Waals surface area contributed by atoms with Gasteiger partial charge in [-0.3, -0.25) is 0 Å². The molecule has 0 atom stereocenters. The third kappa shape index (κ3) is 1.63. The van der Waals surface area contributed by atoms with Crippen molar-refractivity contribution >= 4 is 17.3 Å². The minimum absolute atomic E-state index is 0.0423. The average molecular weight is 224 g/mol. The van der Waals surface area contributed by atoms with E-state index in [1.165, 1.54) is 12.0 Å². The van der Waals surface area contributed by atoms with Crippen LogP contribution in [0.25, 0.3) is 0 Å². The van der Waals surface area contributed by atoms with Crippen molar-refractivity contribution in [3.05, 3.63) is 34.9 Å². The summed E-state index contributed by atoms with van der Waals surface area (Å²) in [5.41, 5.74) is 1.96. The summed E-state index contributed by atoms with van der Waals surface area (Å²) < 4.78 is 0. The molecule has 0 amide bonds. The Morgan fingerprint density at radius 1 is 1.33 bits per heavy atom. The van der Waals surface area contributed by atoms with Gasteiger partial charge in [-0.2, -0.15) is 0 Å². The third-order valence-corrected chi connectivity index (χ3v) is 3.70. The van der Waals surface area contributed by atoms with E-state index >= 15 is 0 Å². The van der Waals surface area contributed by atoms with E-state index < -0.39 is 0 Å². The first kappa shape index (κ1) is 10.5. The molecule has 80 valence electrons. The second kappa shape index (κ2) is 3.86. The van der Waals surface area contributed by atoms with Gasteiger partial charge in [-0.1, -0.05) is 35.3 Å². The fourth-order valence-corrected chi connectivity index (χ4v) is 2.38. The van der Waals surface area contributed by atoms with Crippen LogP contribution in [0.1, 0.15) is 31.7 Å². The highest BCUT2D eigenvalue weighted by Crippen LogP contribution is 2.45. The molecule has 1 fully saturated rings. The van der Waals surface area contributed by atoms with Crippen LogP contribution in [0.15, 0.2) is 29.4 Å². The van der Waals surface area contributed by atoms with Crippen LogP contribution in [0.3, 0.4) is 0 Å². The number of hydrogen-bond donors (Lipinski definition) is 1. The summed E-state index contributed by atoms with van der Waals surface area (Å²) in [6.07, 6.45) is 3.31. The Labute approximate surface area is 94.6 Å². The lowest BCUT2D eigenvalue weighted by atomic mass is 9.62. The molecular formula is C12H14ClNO. The third-order valence-electron chi connectivity index (χ3n) is 3.45. The Hall–Kier alpha value is -1.02. The summed E-state index contributed by atoms with van der Waals surface area (Å²) in [5.74, 6) is 0. The first-order valence-electron chi connectivity index (χ1n) is 5.14. The van der Waals surface area contributed by atoms with Gasteiger partial charge >= 0.3 is 0 Å². The lowest BCUT2D eigenvalue weighted by Crippen LogP contribution is -2.41. The van der Waals surface area contributed by atoms with Gasteiger partial charge in [0, 0.05) is 10.4 Å². The molecule has 0 radical (unpaired) electrons. The molecule has 2 nitrogen and oxygen atoms in total. The standard InChI is InChI=1S/C12H14ClNO/c1-9(14-15)12(7-2-8-12)10-3-5-11(13)6-4-10/h3-6,15H,2,7-8H2,1H3. The van der Waals surface area contributed by atoms with E-state index in [9.17, 15) is 0 Å². The summed E-state index contributed by atoms with van der Waals surface area (Å²) in [4.78, 5) is 0. The van der Waals surface area contributed by atoms with Gasteiger partial charge in [0.05, 0.1) is 5.71 Å². The van der Waals surface area contributed by atoms with Gasteiger partial charge < -0.3 is 5.21 Å². The van der Waals surface area contributed by atoms with E-state index in [4.69, 9.17) is 16.8 Å². The molecule has 0 spiro atoms. The van der Waals surface area contributed by atoms with Gasteiger partial charge in [0.2, 0.25) is 0 Å². The molecule has 1 saturated carbocycles. The predicted octanol–water partition coefficient (Wildman–Crippen LogP) is 3.61. The van der Waals surface area contributed by atoms with Gasteiger partial charge in [-0.15, -0.1) is 0 Å². The maximum Gasteiger partial charge on any atom is 0.0645 e. The van der Waals surface area contributed by atoms with Crippen LogP contribution in [-0.4, -0.2) is 10.9 Å². The van der Waals surface area contributed by atoms with Crippen molar-refractivity contribution < 1.29 is 5.21 Å². The predicted molar refractivity (Wildman–Crippen MR) is 61.9 cm³/mol. The summed E-state index contributed by atoms with van der Waals surface area (Å²) in [6.45, 7) is 1.88. The zero-order valence-electron chi connectivity index (χ0n) is 8.70. The van der Waals surface area contributed by atoms with E-state index in [1.54, 1.807) is 0 Å². The van der Waals surface area contributed by atoms with Crippen molar-refractivity contribution in [3.63, 3.8) is 0 Å². The molecule has 1 N–H and O–H groups in total. The van der Waals surface area contributed by atoms with Crippen LogP contribution in [0, 0.1) is 0 Å². The summed E-state index contributed by atoms with van der Waals surface area (Å²) in [5, 5.41) is 13.0. The van der Waals surface area contributed by atoms with E-state index in [1.807, 2.05) is 31.2 Å². The molecule has 1 aliphatic carbocycles. The zero-order valence-corrected chi connectivity index (χ0v) is 9.46. The van der Waals surface area contributed by atoms with Gasteiger partial charge in [-0.05, 0) is 37.5 Å². The van der Waals surface area contributed by atoms with Gasteiger partial charge in [0.1, 0.15) is 0 Å². The van der Waals surface area contributed by atoms with Crippen LogP contribution >= 0.6 is 11.6 Å². The lowest BCUT2D eigenvalue weighted by molar-refractivity contribution is 0.287. The lowest BCUT2D eigenvalue weighted by Gasteiger charge is -2.41. The number of halogens is 1. The number of oxime groups is 1. The highest BCUT2D eigenvalue weighted by molar-refractivity contribution is 6.30. The SMILES string of the molecule is CC(=NO)C1(c2ccc(Cl)cc2)CCC1. The maximum absolute atomic E-state index is 8.91. The highest BCUT2D eigenvalue weighted by atomic mass is 35.5. The van der Waals surface area contributed by atoms with Crippen LogP contribution in [0.5, 0.6) is 0 Å². The molecule has 2 rings (SSSR count). The largest absolute Gasteiger partial charge is 0.411 e. The minimum Gasteiger partial charge on any atom is -0.411 e. The van der Waals surface area contributed by atoms with Crippen molar-refractivity contribution in [2.45, 2.75) is 31.6 Å². The molecule has 0 bridgehead atoms. The van der Waals surface area contributed by atoms with Gasteiger partial charge in [0.25, 0.3) is 0 Å². The Balaban J connectivity index is 2.38. The van der Waals surface area contributed by atoms with Crippen molar-refractivity contribution in [2.75, 3.05) is 0 Å². The summed E-state index contributed by atoms with van der Waals surface area (Å²) in [6, 6.07) is 7.83. The molecule has 0 unspecified atom stereocenters. The van der Waals surface area contributed by atoms with E-state index in [0.29, 0.717) is 0 Å². The molecule has 0 heterocycles. The molecule has 15 heavy (non-hydrogen) atoms. The van der Waals surface area contributed by atoms with Crippen LogP contribution < -0.4 is 0 Å². The molecule has 1 aliphatic rings. The highest BCUT2D eigenvalue weighted by Gasteiger charge is 2.41. The number of benzene rings is 1. The van der Waals surface area contributed by atoms with Crippen LogP contribution in [0.4, 0.5) is 0 Å². The van der Waals surface area contributed by atoms with Crippen molar-refractivity contribution in [3.8, 4) is 0 Å². The minimum atomic E-state index is -0.0423. The number of nitrogens with zero attached hydrogens (tertiary/aromatic N) is 1. The first-order valence-corrected chi connectivity index (χ1v) is 5.52. The first-order chi connectivity index (χ1) is 7.19. The molecule has 0 saturated heterocycles. The molecule has 1 aromatic carbocycles. The summed E-state index contributed by atoms with van der Waals surface area (Å²) in [7, 11) is 0. The molecule has 1 aromatic rings. The average Bonchev–Trinajstić information content (AvgIpc) is 2.19. The Morgan fingerprint density at radius 2 is 1.93 bits per heavy atom. The fraction of sp³-hybridized carbons (Fsp3) is 0.417. The van der Waals surface area contributed by atoms with Crippen LogP contribution in [0.2, 0.25) is 5.02 Å². The van der Waals surface area contributed by atoms with Crippen molar-refractivity contribution in [1.29, 1.82) is 0 Å². The van der Waals surface area contributed by atoms with E-state index in [2.05, 4.69) is 5.16 Å². The molecular weight excluding hydrogens is 210 g/mol. The van der Waals surface area contributed by atoms with Crippen molar-refractivity contribution in [1.82, 2.24) is 0 Å². The Kier molecular flexibility index (Phi) is 2.70. The zero-order chi connectivity index (χ0) is 10.9. The number of rotatable bonds is 2. The number of hydrogen-bond acceptors (Lipinski definition) is 2. The monoisotopic (exact) mass is 223 g/mol. The second-order valence-electron chi connectivity index (χ2n) is 4.13. The van der Waals surface area contributed by atoms with E-state index in [-0.39, 0.29) is 5.41 Å². The second-order valence-corrected chi connectivity index (χ2v) is 4.56. The van der Waals surface area contributed by atoms with Gasteiger partial charge in [-0.25, -0.2) is 0 Å².